The molecule has 1 aliphatic rings. The third-order valence-corrected chi connectivity index (χ3v) is 2.72. The summed E-state index contributed by atoms with van der Waals surface area (Å²) < 4.78 is 31.0. The molecule has 1 aromatic carbocycles. The molecule has 0 unspecified atom stereocenters. The maximum atomic E-state index is 12.9. The van der Waals surface area contributed by atoms with Gasteiger partial charge in [0.1, 0.15) is 11.6 Å². The van der Waals surface area contributed by atoms with Gasteiger partial charge in [-0.15, -0.1) is 0 Å². The van der Waals surface area contributed by atoms with Crippen molar-refractivity contribution in [3.63, 3.8) is 0 Å². The average molecular weight is 242 g/mol. The Kier molecular flexibility index (Phi) is 4.28. The summed E-state index contributed by atoms with van der Waals surface area (Å²) in [5.41, 5.74) is 0.482. The zero-order chi connectivity index (χ0) is 12.1. The second-order valence-corrected chi connectivity index (χ2v) is 4.04. The fourth-order valence-corrected chi connectivity index (χ4v) is 1.84. The number of benzene rings is 1. The molecule has 0 amide bonds. The van der Waals surface area contributed by atoms with Crippen LogP contribution in [0.5, 0.6) is 0 Å². The molecule has 0 radical (unpaired) electrons. The number of halogens is 2. The quantitative estimate of drug-likeness (QED) is 0.870. The fourth-order valence-electron chi connectivity index (χ4n) is 1.84. The van der Waals surface area contributed by atoms with Gasteiger partial charge in [0, 0.05) is 37.9 Å². The lowest BCUT2D eigenvalue weighted by Crippen LogP contribution is -2.39. The van der Waals surface area contributed by atoms with E-state index in [4.69, 9.17) is 4.74 Å². The summed E-state index contributed by atoms with van der Waals surface area (Å²) in [6.07, 6.45) is 0. The summed E-state index contributed by atoms with van der Waals surface area (Å²) in [6, 6.07) is 3.46. The third kappa shape index (κ3) is 3.94. The van der Waals surface area contributed by atoms with Crippen LogP contribution in [0.25, 0.3) is 0 Å². The molecular formula is C12H16F2N2O. The van der Waals surface area contributed by atoms with Gasteiger partial charge in [-0.25, -0.2) is 8.78 Å². The minimum atomic E-state index is -0.557. The molecule has 1 N–H and O–H groups in total. The van der Waals surface area contributed by atoms with Crippen LogP contribution in [-0.4, -0.2) is 44.3 Å². The molecule has 1 saturated heterocycles. The number of hydrogen-bond acceptors (Lipinski definition) is 3. The topological polar surface area (TPSA) is 24.5 Å². The maximum absolute atomic E-state index is 12.9. The largest absolute Gasteiger partial charge is 0.384 e. The monoisotopic (exact) mass is 242 g/mol. The SMILES string of the molecule is Fc1cc(F)cc(NCCN2CCOCC2)c1. The van der Waals surface area contributed by atoms with Gasteiger partial charge in [0.15, 0.2) is 0 Å². The van der Waals surface area contributed by atoms with Crippen LogP contribution in [0.4, 0.5) is 14.5 Å². The Morgan fingerprint density at radius 2 is 1.76 bits per heavy atom. The van der Waals surface area contributed by atoms with Gasteiger partial charge in [0.25, 0.3) is 0 Å². The van der Waals surface area contributed by atoms with Crippen LogP contribution in [0.2, 0.25) is 0 Å². The molecule has 1 aromatic rings. The van der Waals surface area contributed by atoms with Crippen LogP contribution in [0, 0.1) is 11.6 Å². The van der Waals surface area contributed by atoms with E-state index in [2.05, 4.69) is 10.2 Å². The van der Waals surface area contributed by atoms with Crippen LogP contribution in [0.1, 0.15) is 0 Å². The summed E-state index contributed by atoms with van der Waals surface area (Å²) >= 11 is 0. The van der Waals surface area contributed by atoms with Crippen molar-refractivity contribution in [2.75, 3.05) is 44.7 Å². The molecule has 0 saturated carbocycles. The van der Waals surface area contributed by atoms with Gasteiger partial charge >= 0.3 is 0 Å². The normalized spacial score (nSPS) is 17.1. The number of morpholine rings is 1. The lowest BCUT2D eigenvalue weighted by atomic mass is 10.3. The highest BCUT2D eigenvalue weighted by atomic mass is 19.1. The van der Waals surface area contributed by atoms with Gasteiger partial charge in [-0.1, -0.05) is 0 Å². The van der Waals surface area contributed by atoms with Gasteiger partial charge in [0.05, 0.1) is 13.2 Å². The maximum Gasteiger partial charge on any atom is 0.128 e. The first-order valence-corrected chi connectivity index (χ1v) is 5.74. The van der Waals surface area contributed by atoms with Gasteiger partial charge in [-0.05, 0) is 12.1 Å². The number of ether oxygens (including phenoxy) is 1. The second-order valence-electron chi connectivity index (χ2n) is 4.04. The van der Waals surface area contributed by atoms with E-state index >= 15 is 0 Å². The van der Waals surface area contributed by atoms with Crippen LogP contribution in [-0.2, 0) is 4.74 Å². The highest BCUT2D eigenvalue weighted by Crippen LogP contribution is 2.12. The fraction of sp³-hybridized carbons (Fsp3) is 0.500. The van der Waals surface area contributed by atoms with Crippen molar-refractivity contribution < 1.29 is 13.5 Å². The molecule has 0 aliphatic carbocycles. The van der Waals surface area contributed by atoms with Crippen molar-refractivity contribution in [1.29, 1.82) is 0 Å². The zero-order valence-corrected chi connectivity index (χ0v) is 9.59. The first kappa shape index (κ1) is 12.3. The van der Waals surface area contributed by atoms with E-state index in [1.165, 1.54) is 12.1 Å². The Hall–Kier alpha value is -1.20. The molecule has 17 heavy (non-hydrogen) atoms. The molecule has 1 aliphatic heterocycles. The first-order chi connectivity index (χ1) is 8.24. The predicted molar refractivity (Wildman–Crippen MR) is 62.1 cm³/mol. The van der Waals surface area contributed by atoms with Crippen molar-refractivity contribution in [2.24, 2.45) is 0 Å². The minimum absolute atomic E-state index is 0.482. The summed E-state index contributed by atoms with van der Waals surface area (Å²) in [5, 5.41) is 3.01. The Morgan fingerprint density at radius 1 is 1.12 bits per heavy atom. The minimum Gasteiger partial charge on any atom is -0.384 e. The van der Waals surface area contributed by atoms with E-state index in [-0.39, 0.29) is 0 Å². The van der Waals surface area contributed by atoms with Gasteiger partial charge < -0.3 is 10.1 Å². The summed E-state index contributed by atoms with van der Waals surface area (Å²) in [5.74, 6) is -1.11. The molecule has 94 valence electrons. The molecule has 0 bridgehead atoms. The van der Waals surface area contributed by atoms with E-state index < -0.39 is 11.6 Å². The number of anilines is 1. The third-order valence-electron chi connectivity index (χ3n) is 2.72. The molecular weight excluding hydrogens is 226 g/mol. The number of nitrogens with one attached hydrogen (secondary N) is 1. The Morgan fingerprint density at radius 3 is 2.41 bits per heavy atom. The average Bonchev–Trinajstić information content (AvgIpc) is 2.29. The highest BCUT2D eigenvalue weighted by Gasteiger charge is 2.09. The summed E-state index contributed by atoms with van der Waals surface area (Å²) in [4.78, 5) is 2.26. The van der Waals surface area contributed by atoms with Crippen molar-refractivity contribution in [3.05, 3.63) is 29.8 Å². The molecule has 2 rings (SSSR count). The van der Waals surface area contributed by atoms with Crippen LogP contribution in [0.15, 0.2) is 18.2 Å². The molecule has 0 atom stereocenters. The summed E-state index contributed by atoms with van der Waals surface area (Å²) in [7, 11) is 0. The highest BCUT2D eigenvalue weighted by molar-refractivity contribution is 5.43. The Balaban J connectivity index is 1.77. The first-order valence-electron chi connectivity index (χ1n) is 5.74. The van der Waals surface area contributed by atoms with Crippen molar-refractivity contribution in [2.45, 2.75) is 0 Å². The number of nitrogens with zero attached hydrogens (tertiary/aromatic N) is 1. The zero-order valence-electron chi connectivity index (χ0n) is 9.59. The van der Waals surface area contributed by atoms with Crippen molar-refractivity contribution in [1.82, 2.24) is 4.90 Å². The van der Waals surface area contributed by atoms with E-state index in [1.807, 2.05) is 0 Å². The number of rotatable bonds is 4. The smallest absolute Gasteiger partial charge is 0.128 e. The van der Waals surface area contributed by atoms with E-state index in [9.17, 15) is 8.78 Å². The van der Waals surface area contributed by atoms with Crippen molar-refractivity contribution >= 4 is 5.69 Å². The standard InChI is InChI=1S/C12H16F2N2O/c13-10-7-11(14)9-12(8-10)15-1-2-16-3-5-17-6-4-16/h7-9,15H,1-6H2. The van der Waals surface area contributed by atoms with E-state index in [1.54, 1.807) is 0 Å². The second kappa shape index (κ2) is 5.93. The van der Waals surface area contributed by atoms with Gasteiger partial charge in [-0.2, -0.15) is 0 Å². The molecule has 0 aromatic heterocycles. The predicted octanol–water partition coefficient (Wildman–Crippen LogP) is 1.71. The lowest BCUT2D eigenvalue weighted by molar-refractivity contribution is 0.0398. The van der Waals surface area contributed by atoms with Gasteiger partial charge in [-0.3, -0.25) is 4.90 Å². The van der Waals surface area contributed by atoms with Crippen LogP contribution in [0.3, 0.4) is 0 Å². The van der Waals surface area contributed by atoms with Gasteiger partial charge in [0.2, 0.25) is 0 Å². The molecule has 1 fully saturated rings. The Labute approximate surface area is 99.4 Å². The molecule has 1 heterocycles. The summed E-state index contributed by atoms with van der Waals surface area (Å²) in [6.45, 7) is 4.87. The van der Waals surface area contributed by atoms with Crippen LogP contribution < -0.4 is 5.32 Å². The lowest BCUT2D eigenvalue weighted by Gasteiger charge is -2.26. The van der Waals surface area contributed by atoms with E-state index in [0.717, 1.165) is 38.9 Å². The molecule has 3 nitrogen and oxygen atoms in total. The van der Waals surface area contributed by atoms with Crippen molar-refractivity contribution in [3.8, 4) is 0 Å². The Bertz CT molecular complexity index is 347. The van der Waals surface area contributed by atoms with E-state index in [0.29, 0.717) is 12.2 Å². The molecule has 5 heteroatoms. The molecule has 0 spiro atoms. The number of hydrogen-bond donors (Lipinski definition) is 1. The van der Waals surface area contributed by atoms with Crippen LogP contribution >= 0.6 is 0 Å².